The molecule has 32 heavy (non-hydrogen) atoms. The maximum Gasteiger partial charge on any atom is 0.242 e. The molecule has 0 bridgehead atoms. The van der Waals surface area contributed by atoms with Crippen molar-refractivity contribution in [2.75, 3.05) is 10.7 Å². The second-order valence-corrected chi connectivity index (χ2v) is 9.45. The molecular weight excluding hydrogens is 462 g/mol. The fraction of sp³-hybridized carbons (Fsp3) is 0.130. The smallest absolute Gasteiger partial charge is 0.242 e. The lowest BCUT2D eigenvalue weighted by Gasteiger charge is -2.31. The monoisotopic (exact) mass is 479 g/mol. The van der Waals surface area contributed by atoms with E-state index in [4.69, 9.17) is 11.6 Å². The highest BCUT2D eigenvalue weighted by molar-refractivity contribution is 8.00. The summed E-state index contributed by atoms with van der Waals surface area (Å²) in [6.45, 7) is 2.74. The van der Waals surface area contributed by atoms with Gasteiger partial charge in [0.25, 0.3) is 0 Å². The van der Waals surface area contributed by atoms with Gasteiger partial charge < -0.3 is 4.57 Å². The van der Waals surface area contributed by atoms with Crippen LogP contribution in [0.15, 0.2) is 81.9 Å². The Hall–Kier alpha value is -2.81. The summed E-state index contributed by atoms with van der Waals surface area (Å²) in [5, 5.41) is 10.00. The number of anilines is 2. The van der Waals surface area contributed by atoms with E-state index in [-0.39, 0.29) is 11.7 Å². The van der Waals surface area contributed by atoms with Crippen molar-refractivity contribution in [3.05, 3.63) is 72.0 Å². The molecule has 0 unspecified atom stereocenters. The Morgan fingerprint density at radius 3 is 2.62 bits per heavy atom. The van der Waals surface area contributed by atoms with Gasteiger partial charge in [0.05, 0.1) is 17.1 Å². The van der Waals surface area contributed by atoms with E-state index in [2.05, 4.69) is 15.2 Å². The molecule has 160 valence electrons. The van der Waals surface area contributed by atoms with Crippen LogP contribution >= 0.6 is 35.1 Å². The zero-order valence-electron chi connectivity index (χ0n) is 17.1. The summed E-state index contributed by atoms with van der Waals surface area (Å²) in [6.07, 6.45) is 3.46. The Bertz CT molecular complexity index is 1290. The average Bonchev–Trinajstić information content (AvgIpc) is 3.24. The van der Waals surface area contributed by atoms with Crippen molar-refractivity contribution in [1.29, 1.82) is 0 Å². The number of amides is 1. The van der Waals surface area contributed by atoms with Crippen LogP contribution in [0.25, 0.3) is 11.4 Å². The van der Waals surface area contributed by atoms with Crippen molar-refractivity contribution in [3.63, 3.8) is 0 Å². The van der Waals surface area contributed by atoms with Crippen LogP contribution in [0, 0.1) is 0 Å². The highest BCUT2D eigenvalue weighted by Crippen LogP contribution is 2.49. The van der Waals surface area contributed by atoms with Crippen LogP contribution in [-0.4, -0.2) is 31.4 Å². The van der Waals surface area contributed by atoms with E-state index in [9.17, 15) is 4.79 Å². The number of para-hydroxylation sites is 1. The third kappa shape index (κ3) is 3.90. The van der Waals surface area contributed by atoms with E-state index in [1.54, 1.807) is 29.1 Å². The Labute approximate surface area is 199 Å². The van der Waals surface area contributed by atoms with Crippen LogP contribution < -0.4 is 4.90 Å². The largest absolute Gasteiger partial charge is 0.302 e. The molecule has 2 aromatic heterocycles. The van der Waals surface area contributed by atoms with Crippen LogP contribution in [0.4, 0.5) is 11.4 Å². The minimum Gasteiger partial charge on any atom is -0.302 e. The molecule has 4 aromatic rings. The maximum atomic E-state index is 13.5. The first-order chi connectivity index (χ1) is 15.7. The predicted molar refractivity (Wildman–Crippen MR) is 129 cm³/mol. The van der Waals surface area contributed by atoms with Crippen molar-refractivity contribution < 1.29 is 4.79 Å². The second-order valence-electron chi connectivity index (χ2n) is 6.99. The van der Waals surface area contributed by atoms with Gasteiger partial charge >= 0.3 is 0 Å². The third-order valence-electron chi connectivity index (χ3n) is 5.03. The average molecular weight is 480 g/mol. The molecule has 5 rings (SSSR count). The van der Waals surface area contributed by atoms with Gasteiger partial charge in [0, 0.05) is 39.3 Å². The van der Waals surface area contributed by atoms with Gasteiger partial charge in [-0.3, -0.25) is 14.7 Å². The zero-order valence-corrected chi connectivity index (χ0v) is 19.5. The number of hydrogen-bond donors (Lipinski definition) is 0. The lowest BCUT2D eigenvalue weighted by atomic mass is 10.2. The van der Waals surface area contributed by atoms with E-state index in [0.29, 0.717) is 16.7 Å². The topological polar surface area (TPSA) is 63.9 Å². The van der Waals surface area contributed by atoms with E-state index in [1.165, 1.54) is 11.8 Å². The standard InChI is InChI=1S/C23H18ClN5OS2/c1-2-28-22(15-9-11-25-12-10-15)26-27-23(28)31-14-21(30)29-17-5-3-4-6-19(17)32-20-8-7-16(24)13-18(20)29/h3-13H,2,14H2,1H3. The van der Waals surface area contributed by atoms with Crippen molar-refractivity contribution in [2.45, 2.75) is 28.4 Å². The molecule has 0 fully saturated rings. The number of carbonyl (C=O) groups is 1. The number of thioether (sulfide) groups is 1. The number of nitrogens with zero attached hydrogens (tertiary/aromatic N) is 5. The van der Waals surface area contributed by atoms with Crippen molar-refractivity contribution in [2.24, 2.45) is 0 Å². The van der Waals surface area contributed by atoms with Crippen molar-refractivity contribution in [1.82, 2.24) is 19.7 Å². The normalized spacial score (nSPS) is 12.4. The van der Waals surface area contributed by atoms with Crippen LogP contribution in [0.3, 0.4) is 0 Å². The molecule has 0 saturated carbocycles. The van der Waals surface area contributed by atoms with Crippen LogP contribution in [0.2, 0.25) is 5.02 Å². The zero-order chi connectivity index (χ0) is 22.1. The molecule has 0 saturated heterocycles. The van der Waals surface area contributed by atoms with Gasteiger partial charge in [-0.05, 0) is 49.4 Å². The Morgan fingerprint density at radius 1 is 1.03 bits per heavy atom. The molecule has 9 heteroatoms. The minimum atomic E-state index is -0.0395. The van der Waals surface area contributed by atoms with E-state index >= 15 is 0 Å². The molecule has 0 atom stereocenters. The van der Waals surface area contributed by atoms with Gasteiger partial charge in [-0.2, -0.15) is 0 Å². The SMILES string of the molecule is CCn1c(SCC(=O)N2c3ccccc3Sc3ccc(Cl)cc32)nnc1-c1ccncc1. The summed E-state index contributed by atoms with van der Waals surface area (Å²) in [7, 11) is 0. The molecule has 3 heterocycles. The highest BCUT2D eigenvalue weighted by atomic mass is 35.5. The van der Waals surface area contributed by atoms with Crippen molar-refractivity contribution >= 4 is 52.4 Å². The minimum absolute atomic E-state index is 0.0395. The number of pyridine rings is 1. The van der Waals surface area contributed by atoms with Crippen LogP contribution in [0.1, 0.15) is 6.92 Å². The van der Waals surface area contributed by atoms with E-state index in [1.807, 2.05) is 66.1 Å². The summed E-state index contributed by atoms with van der Waals surface area (Å²) in [5.74, 6) is 0.948. The first-order valence-electron chi connectivity index (χ1n) is 10.0. The quantitative estimate of drug-likeness (QED) is 0.330. The molecule has 1 amide bonds. The number of fused-ring (bicyclic) bond motifs is 2. The number of aromatic nitrogens is 4. The number of carbonyl (C=O) groups excluding carboxylic acids is 1. The Kier molecular flexibility index (Phi) is 5.91. The molecule has 0 aliphatic carbocycles. The van der Waals surface area contributed by atoms with E-state index < -0.39 is 0 Å². The number of hydrogen-bond acceptors (Lipinski definition) is 6. The molecule has 0 N–H and O–H groups in total. The molecule has 0 radical (unpaired) electrons. The fourth-order valence-electron chi connectivity index (χ4n) is 3.58. The second kappa shape index (κ2) is 8.97. The first-order valence-corrected chi connectivity index (χ1v) is 12.2. The van der Waals surface area contributed by atoms with Gasteiger partial charge in [0.15, 0.2) is 11.0 Å². The predicted octanol–water partition coefficient (Wildman–Crippen LogP) is 5.94. The summed E-state index contributed by atoms with van der Waals surface area (Å²) in [4.78, 5) is 21.3. The maximum absolute atomic E-state index is 13.5. The van der Waals surface area contributed by atoms with Crippen LogP contribution in [-0.2, 0) is 11.3 Å². The van der Waals surface area contributed by atoms with Gasteiger partial charge in [-0.15, -0.1) is 10.2 Å². The Balaban J connectivity index is 1.43. The number of rotatable bonds is 5. The molecule has 1 aliphatic rings. The summed E-state index contributed by atoms with van der Waals surface area (Å²) in [6, 6.07) is 17.4. The lowest BCUT2D eigenvalue weighted by molar-refractivity contribution is -0.115. The molecule has 0 spiro atoms. The molecule has 2 aromatic carbocycles. The van der Waals surface area contributed by atoms with Crippen LogP contribution in [0.5, 0.6) is 0 Å². The van der Waals surface area contributed by atoms with Gasteiger partial charge in [0.1, 0.15) is 0 Å². The molecular formula is C23H18ClN5OS2. The molecule has 1 aliphatic heterocycles. The van der Waals surface area contributed by atoms with Gasteiger partial charge in [0.2, 0.25) is 5.91 Å². The summed E-state index contributed by atoms with van der Waals surface area (Å²) < 4.78 is 2.01. The third-order valence-corrected chi connectivity index (χ3v) is 7.35. The van der Waals surface area contributed by atoms with E-state index in [0.717, 1.165) is 32.6 Å². The number of benzene rings is 2. The molecule has 6 nitrogen and oxygen atoms in total. The first kappa shape index (κ1) is 21.1. The van der Waals surface area contributed by atoms with Crippen molar-refractivity contribution in [3.8, 4) is 11.4 Å². The number of halogens is 1. The fourth-order valence-corrected chi connectivity index (χ4v) is 5.64. The van der Waals surface area contributed by atoms with Gasteiger partial charge in [-0.1, -0.05) is 47.3 Å². The highest BCUT2D eigenvalue weighted by Gasteiger charge is 2.28. The summed E-state index contributed by atoms with van der Waals surface area (Å²) >= 11 is 9.30. The van der Waals surface area contributed by atoms with Gasteiger partial charge in [-0.25, -0.2) is 0 Å². The lowest BCUT2D eigenvalue weighted by Crippen LogP contribution is -2.30. The Morgan fingerprint density at radius 2 is 1.81 bits per heavy atom. The summed E-state index contributed by atoms with van der Waals surface area (Å²) in [5.41, 5.74) is 2.62.